The van der Waals surface area contributed by atoms with Crippen molar-refractivity contribution in [2.24, 2.45) is 0 Å². The van der Waals surface area contributed by atoms with E-state index in [4.69, 9.17) is 9.15 Å². The van der Waals surface area contributed by atoms with Crippen LogP contribution < -0.4 is 10.1 Å². The molecule has 0 bridgehead atoms. The molecule has 158 valence electrons. The number of aromatic nitrogens is 1. The van der Waals surface area contributed by atoms with Gasteiger partial charge in [-0.25, -0.2) is 12.8 Å². The van der Waals surface area contributed by atoms with Gasteiger partial charge in [-0.05, 0) is 48.0 Å². The summed E-state index contributed by atoms with van der Waals surface area (Å²) in [5, 5.41) is 2.75. The van der Waals surface area contributed by atoms with Gasteiger partial charge in [0.2, 0.25) is 26.6 Å². The first-order chi connectivity index (χ1) is 15.0. The Kier molecular flexibility index (Phi) is 5.73. The summed E-state index contributed by atoms with van der Waals surface area (Å²) in [7, 11) is -2.53. The smallest absolute Gasteiger partial charge is 0.234 e. The molecule has 4 rings (SSSR count). The molecule has 0 amide bonds. The third-order valence-electron chi connectivity index (χ3n) is 4.59. The third kappa shape index (κ3) is 4.44. The molecular formula is C23H19FN2O4S. The molecule has 6 nitrogen and oxygen atoms in total. The van der Waals surface area contributed by atoms with E-state index in [0.29, 0.717) is 17.9 Å². The Labute approximate surface area is 179 Å². The van der Waals surface area contributed by atoms with Gasteiger partial charge >= 0.3 is 0 Å². The summed E-state index contributed by atoms with van der Waals surface area (Å²) >= 11 is 0. The summed E-state index contributed by atoms with van der Waals surface area (Å²) in [4.78, 5) is 4.19. The molecular weight excluding hydrogens is 419 g/mol. The molecule has 3 aromatic carbocycles. The van der Waals surface area contributed by atoms with Crippen molar-refractivity contribution >= 4 is 15.7 Å². The van der Waals surface area contributed by atoms with Gasteiger partial charge in [-0.15, -0.1) is 0 Å². The zero-order valence-corrected chi connectivity index (χ0v) is 17.4. The van der Waals surface area contributed by atoms with E-state index in [1.54, 1.807) is 24.3 Å². The highest BCUT2D eigenvalue weighted by Crippen LogP contribution is 2.33. The third-order valence-corrected chi connectivity index (χ3v) is 6.27. The number of hydrogen-bond acceptors (Lipinski definition) is 6. The number of sulfone groups is 1. The van der Waals surface area contributed by atoms with Crippen LogP contribution in [-0.2, 0) is 16.4 Å². The molecule has 4 aromatic rings. The highest BCUT2D eigenvalue weighted by molar-refractivity contribution is 7.91. The van der Waals surface area contributed by atoms with Crippen molar-refractivity contribution in [1.29, 1.82) is 0 Å². The highest BCUT2D eigenvalue weighted by atomic mass is 32.2. The lowest BCUT2D eigenvalue weighted by atomic mass is 10.2. The first kappa shape index (κ1) is 20.6. The molecule has 0 saturated heterocycles. The standard InChI is InChI=1S/C23H19FN2O4S/c1-29-19-9-5-8-17(14-19)21-26-23(31(27,28)20-12-10-18(24)11-13-20)22(30-21)25-15-16-6-3-2-4-7-16/h2-14,25H,15H2,1H3. The summed E-state index contributed by atoms with van der Waals surface area (Å²) in [6.07, 6.45) is 0. The lowest BCUT2D eigenvalue weighted by Crippen LogP contribution is -2.07. The van der Waals surface area contributed by atoms with E-state index in [1.165, 1.54) is 19.2 Å². The molecule has 1 heterocycles. The minimum absolute atomic E-state index is 0.00555. The summed E-state index contributed by atoms with van der Waals surface area (Å²) in [6.45, 7) is 0.333. The largest absolute Gasteiger partial charge is 0.497 e. The normalized spacial score (nSPS) is 11.3. The average Bonchev–Trinajstić information content (AvgIpc) is 3.24. The lowest BCUT2D eigenvalue weighted by Gasteiger charge is -2.06. The van der Waals surface area contributed by atoms with E-state index in [9.17, 15) is 12.8 Å². The predicted molar refractivity (Wildman–Crippen MR) is 114 cm³/mol. The number of nitrogens with one attached hydrogen (secondary N) is 1. The number of nitrogens with zero attached hydrogens (tertiary/aromatic N) is 1. The summed E-state index contributed by atoms with van der Waals surface area (Å²) in [5.41, 5.74) is 1.50. The predicted octanol–water partition coefficient (Wildman–Crippen LogP) is 4.93. The Balaban J connectivity index is 1.77. The second kappa shape index (κ2) is 8.61. The van der Waals surface area contributed by atoms with Gasteiger partial charge in [-0.3, -0.25) is 0 Å². The van der Waals surface area contributed by atoms with Crippen molar-refractivity contribution in [2.75, 3.05) is 12.4 Å². The molecule has 0 saturated carbocycles. The molecule has 0 spiro atoms. The summed E-state index contributed by atoms with van der Waals surface area (Å²) < 4.78 is 50.8. The zero-order valence-electron chi connectivity index (χ0n) is 16.6. The quantitative estimate of drug-likeness (QED) is 0.412. The number of halogens is 1. The van der Waals surface area contributed by atoms with Crippen LogP contribution in [0.5, 0.6) is 5.75 Å². The highest BCUT2D eigenvalue weighted by Gasteiger charge is 2.28. The van der Waals surface area contributed by atoms with Crippen LogP contribution in [0.4, 0.5) is 10.3 Å². The lowest BCUT2D eigenvalue weighted by molar-refractivity contribution is 0.415. The fourth-order valence-corrected chi connectivity index (χ4v) is 4.26. The van der Waals surface area contributed by atoms with Crippen molar-refractivity contribution in [3.8, 4) is 17.2 Å². The van der Waals surface area contributed by atoms with E-state index < -0.39 is 15.7 Å². The Hall–Kier alpha value is -3.65. The van der Waals surface area contributed by atoms with Crippen LogP contribution in [0.15, 0.2) is 93.2 Å². The molecule has 0 atom stereocenters. The van der Waals surface area contributed by atoms with Crippen LogP contribution in [0, 0.1) is 5.82 Å². The molecule has 0 aliphatic rings. The molecule has 8 heteroatoms. The van der Waals surface area contributed by atoms with Gasteiger partial charge in [0.05, 0.1) is 12.0 Å². The fraction of sp³-hybridized carbons (Fsp3) is 0.0870. The van der Waals surface area contributed by atoms with Crippen molar-refractivity contribution in [2.45, 2.75) is 16.5 Å². The number of ether oxygens (including phenoxy) is 1. The van der Waals surface area contributed by atoms with Crippen LogP contribution in [-0.4, -0.2) is 20.5 Å². The number of hydrogen-bond donors (Lipinski definition) is 1. The number of oxazole rings is 1. The van der Waals surface area contributed by atoms with Gasteiger partial charge in [0.1, 0.15) is 11.6 Å². The van der Waals surface area contributed by atoms with Gasteiger partial charge in [-0.1, -0.05) is 36.4 Å². The van der Waals surface area contributed by atoms with E-state index in [-0.39, 0.29) is 21.7 Å². The van der Waals surface area contributed by atoms with Crippen molar-refractivity contribution < 1.29 is 22.0 Å². The summed E-state index contributed by atoms with van der Waals surface area (Å²) in [5.74, 6) is 0.178. The number of methoxy groups -OCH3 is 1. The Morgan fingerprint density at radius 1 is 1.00 bits per heavy atom. The van der Waals surface area contributed by atoms with Crippen molar-refractivity contribution in [3.63, 3.8) is 0 Å². The molecule has 1 aromatic heterocycles. The van der Waals surface area contributed by atoms with E-state index in [0.717, 1.165) is 17.7 Å². The van der Waals surface area contributed by atoms with Crippen LogP contribution in [0.2, 0.25) is 0 Å². The maximum absolute atomic E-state index is 13.3. The number of benzene rings is 3. The minimum atomic E-state index is -4.06. The molecule has 1 N–H and O–H groups in total. The van der Waals surface area contributed by atoms with Gasteiger partial charge in [-0.2, -0.15) is 4.98 Å². The second-order valence-corrected chi connectivity index (χ2v) is 8.55. The molecule has 0 aliphatic heterocycles. The Bertz CT molecular complexity index is 1290. The van der Waals surface area contributed by atoms with E-state index in [2.05, 4.69) is 10.3 Å². The monoisotopic (exact) mass is 438 g/mol. The Morgan fingerprint density at radius 2 is 1.74 bits per heavy atom. The number of rotatable bonds is 7. The molecule has 0 fully saturated rings. The van der Waals surface area contributed by atoms with Gasteiger partial charge < -0.3 is 14.5 Å². The molecule has 31 heavy (non-hydrogen) atoms. The van der Waals surface area contributed by atoms with Crippen molar-refractivity contribution in [3.05, 3.63) is 90.2 Å². The topological polar surface area (TPSA) is 81.4 Å². The van der Waals surface area contributed by atoms with Gasteiger partial charge in [0, 0.05) is 12.1 Å². The molecule has 0 radical (unpaired) electrons. The van der Waals surface area contributed by atoms with Crippen molar-refractivity contribution in [1.82, 2.24) is 4.98 Å². The molecule has 0 aliphatic carbocycles. The zero-order chi connectivity index (χ0) is 21.8. The fourth-order valence-electron chi connectivity index (χ4n) is 2.98. The van der Waals surface area contributed by atoms with E-state index in [1.807, 2.05) is 30.3 Å². The van der Waals surface area contributed by atoms with Crippen LogP contribution in [0.25, 0.3) is 11.5 Å². The minimum Gasteiger partial charge on any atom is -0.497 e. The van der Waals surface area contributed by atoms with Gasteiger partial charge in [0.15, 0.2) is 0 Å². The molecule has 0 unspecified atom stereocenters. The van der Waals surface area contributed by atoms with Crippen LogP contribution >= 0.6 is 0 Å². The van der Waals surface area contributed by atoms with Crippen LogP contribution in [0.3, 0.4) is 0 Å². The maximum atomic E-state index is 13.3. The SMILES string of the molecule is COc1cccc(-c2nc(S(=O)(=O)c3ccc(F)cc3)c(NCc3ccccc3)o2)c1. The first-order valence-corrected chi connectivity index (χ1v) is 10.9. The van der Waals surface area contributed by atoms with Gasteiger partial charge in [0.25, 0.3) is 0 Å². The summed E-state index contributed by atoms with van der Waals surface area (Å²) in [6, 6.07) is 21.0. The second-order valence-electron chi connectivity index (χ2n) is 6.68. The van der Waals surface area contributed by atoms with E-state index >= 15 is 0 Å². The maximum Gasteiger partial charge on any atom is 0.234 e. The first-order valence-electron chi connectivity index (χ1n) is 9.41. The van der Waals surface area contributed by atoms with Crippen LogP contribution in [0.1, 0.15) is 5.56 Å². The Morgan fingerprint density at radius 3 is 2.45 bits per heavy atom. The average molecular weight is 438 g/mol. The number of anilines is 1.